The predicted molar refractivity (Wildman–Crippen MR) is 242 cm³/mol. The minimum atomic E-state index is -1.61. The van der Waals surface area contributed by atoms with Crippen LogP contribution in [0.3, 0.4) is 0 Å². The maximum absolute atomic E-state index is 13.7. The van der Waals surface area contributed by atoms with E-state index in [0.717, 1.165) is 14.0 Å². The number of imidazole rings is 1. The maximum atomic E-state index is 13.7. The van der Waals surface area contributed by atoms with Crippen molar-refractivity contribution < 1.29 is 67.3 Å². The largest absolute Gasteiger partial charge is 0.438 e. The summed E-state index contributed by atoms with van der Waals surface area (Å²) in [7, 11) is 1.36. The van der Waals surface area contributed by atoms with E-state index in [2.05, 4.69) is 27.5 Å². The predicted octanol–water partition coefficient (Wildman–Crippen LogP) is -4.11. The molecular weight excluding hydrogens is 903 g/mol. The number of carbonyl (C=O) groups excluding carboxylic acids is 5. The van der Waals surface area contributed by atoms with E-state index in [0.29, 0.717) is 39.2 Å². The fraction of sp³-hybridized carbons (Fsp3) is 0.683. The van der Waals surface area contributed by atoms with E-state index >= 15 is 0 Å². The summed E-state index contributed by atoms with van der Waals surface area (Å²) in [4.78, 5) is 94.1. The Hall–Kier alpha value is -5.49. The van der Waals surface area contributed by atoms with E-state index in [1.165, 1.54) is 19.2 Å². The van der Waals surface area contributed by atoms with Crippen LogP contribution in [-0.4, -0.2) is 189 Å². The third-order valence-electron chi connectivity index (χ3n) is 10.3. The van der Waals surface area contributed by atoms with Crippen molar-refractivity contribution in [2.24, 2.45) is 17.5 Å². The van der Waals surface area contributed by atoms with Crippen molar-refractivity contribution in [3.63, 3.8) is 0 Å². The molecule has 3 heterocycles. The number of hydrogen-bond donors (Lipinski definition) is 10. The SMILES string of the molecule is C=CCn1c(=O)n([C@@H]2OC(CO)[C@@H](O)[C@H]2OC(=O)N(C)CCNC(=O)[C@H](CCCCN)NC(=O)[C@@H](NC(=O)COCCOCCOCCOCCOCC(=O)NN)C(C)C)c2cc(N)[nH]c(=O)c21. The van der Waals surface area contributed by atoms with Crippen LogP contribution in [0.5, 0.6) is 0 Å². The first-order valence-corrected chi connectivity index (χ1v) is 22.2. The molecule has 1 aliphatic rings. The lowest BCUT2D eigenvalue weighted by Gasteiger charge is -2.26. The van der Waals surface area contributed by atoms with Crippen molar-refractivity contribution in [2.45, 2.75) is 76.3 Å². The number of likely N-dealkylation sites (N-methyl/N-ethyl adjacent to an activating group) is 1. The lowest BCUT2D eigenvalue weighted by atomic mass is 10.0. The number of H-pyrrole nitrogens is 1. The summed E-state index contributed by atoms with van der Waals surface area (Å²) in [5.74, 6) is 2.33. The van der Waals surface area contributed by atoms with Crippen LogP contribution in [0.1, 0.15) is 39.3 Å². The topological polar surface area (TPSA) is 380 Å². The number of hydrazine groups is 1. The number of aliphatic hydroxyl groups is 2. The van der Waals surface area contributed by atoms with E-state index < -0.39 is 84.2 Å². The molecule has 0 aromatic carbocycles. The Morgan fingerprint density at radius 1 is 0.941 bits per heavy atom. The molecule has 6 atom stereocenters. The fourth-order valence-electron chi connectivity index (χ4n) is 6.77. The van der Waals surface area contributed by atoms with Crippen LogP contribution in [0.15, 0.2) is 28.3 Å². The van der Waals surface area contributed by atoms with Crippen LogP contribution in [0.2, 0.25) is 0 Å². The number of aromatic nitrogens is 3. The van der Waals surface area contributed by atoms with Gasteiger partial charge < -0.3 is 80.7 Å². The monoisotopic (exact) mass is 971 g/mol. The van der Waals surface area contributed by atoms with Crippen molar-refractivity contribution in [2.75, 3.05) is 105 Å². The van der Waals surface area contributed by atoms with Gasteiger partial charge in [-0.2, -0.15) is 0 Å². The van der Waals surface area contributed by atoms with Gasteiger partial charge in [0.05, 0.1) is 65.0 Å². The molecule has 27 heteroatoms. The van der Waals surface area contributed by atoms with Crippen molar-refractivity contribution in [1.82, 2.24) is 40.4 Å². The molecular formula is C41H69N11O16. The molecule has 384 valence electrons. The summed E-state index contributed by atoms with van der Waals surface area (Å²) in [6.07, 6.45) is -4.26. The van der Waals surface area contributed by atoms with Gasteiger partial charge in [-0.05, 0) is 31.7 Å². The van der Waals surface area contributed by atoms with Crippen LogP contribution >= 0.6 is 0 Å². The molecule has 2 aromatic heterocycles. The Labute approximate surface area is 392 Å². The summed E-state index contributed by atoms with van der Waals surface area (Å²) >= 11 is 0. The van der Waals surface area contributed by atoms with Crippen LogP contribution in [0.25, 0.3) is 11.0 Å². The van der Waals surface area contributed by atoms with E-state index in [1.54, 1.807) is 13.8 Å². The van der Waals surface area contributed by atoms with Gasteiger partial charge in [-0.3, -0.25) is 38.5 Å². The zero-order valence-electron chi connectivity index (χ0n) is 38.8. The number of aromatic amines is 1. The van der Waals surface area contributed by atoms with Crippen molar-refractivity contribution >= 4 is 46.6 Å². The molecule has 1 fully saturated rings. The third kappa shape index (κ3) is 17.5. The molecule has 3 rings (SSSR count). The van der Waals surface area contributed by atoms with E-state index in [9.17, 15) is 43.8 Å². The number of ether oxygens (including phenoxy) is 7. The summed E-state index contributed by atoms with van der Waals surface area (Å²) < 4.78 is 40.2. The van der Waals surface area contributed by atoms with E-state index in [1.807, 2.05) is 5.43 Å². The Bertz CT molecular complexity index is 2050. The lowest BCUT2D eigenvalue weighted by molar-refractivity contribution is -0.134. The number of nitrogens with zero attached hydrogens (tertiary/aromatic N) is 3. The van der Waals surface area contributed by atoms with Gasteiger partial charge in [-0.15, -0.1) is 6.58 Å². The van der Waals surface area contributed by atoms with Gasteiger partial charge in [-0.1, -0.05) is 19.9 Å². The molecule has 1 saturated heterocycles. The highest BCUT2D eigenvalue weighted by molar-refractivity contribution is 5.92. The summed E-state index contributed by atoms with van der Waals surface area (Å²) in [6, 6.07) is -0.737. The second kappa shape index (κ2) is 30.1. The minimum absolute atomic E-state index is 0.0186. The van der Waals surface area contributed by atoms with Crippen LogP contribution in [0, 0.1) is 5.92 Å². The molecule has 13 N–H and O–H groups in total. The van der Waals surface area contributed by atoms with Crippen LogP contribution < -0.4 is 49.9 Å². The van der Waals surface area contributed by atoms with Gasteiger partial charge in [-0.25, -0.2) is 15.4 Å². The number of hydrogen-bond acceptors (Lipinski definition) is 19. The standard InChI is InChI=1S/C41H69N11O16/c1-5-11-51-33-27(21-29(43)47-38(33)59)52(40(51)60)39-35(34(56)28(22-53)67-39)68-41(61)50(4)12-10-45-36(57)26(8-6-7-9-42)46-37(58)32(25(2)3)48-30(54)23-65-19-17-63-15-13-62-14-16-64-18-20-66-24-31(55)49-44/h5,21,25-26,28,32,34-35,39,53,56H,1,6-20,22-24,42,44H2,2-4H3,(H,45,57)(H,46,58)(H,48,54)(H,49,55)(H3,43,47,59)/t26-,28?,32-,34+,35+,39+/m0/s1. The van der Waals surface area contributed by atoms with Crippen molar-refractivity contribution in [1.29, 1.82) is 0 Å². The molecule has 0 spiro atoms. The Morgan fingerprint density at radius 2 is 1.54 bits per heavy atom. The van der Waals surface area contributed by atoms with Gasteiger partial charge in [0.2, 0.25) is 17.7 Å². The van der Waals surface area contributed by atoms with Crippen molar-refractivity contribution in [3.05, 3.63) is 39.6 Å². The number of fused-ring (bicyclic) bond motifs is 1. The molecule has 0 bridgehead atoms. The Morgan fingerprint density at radius 3 is 2.10 bits per heavy atom. The van der Waals surface area contributed by atoms with Gasteiger partial charge in [0, 0.05) is 32.7 Å². The third-order valence-corrected chi connectivity index (χ3v) is 10.3. The molecule has 2 aromatic rings. The lowest BCUT2D eigenvalue weighted by Crippen LogP contribution is -2.56. The summed E-state index contributed by atoms with van der Waals surface area (Å²) in [5.41, 5.74) is 12.0. The number of allylic oxidation sites excluding steroid dienone is 1. The number of pyridine rings is 1. The molecule has 1 unspecified atom stereocenters. The zero-order chi connectivity index (χ0) is 50.2. The molecule has 27 nitrogen and oxygen atoms in total. The number of nitrogens with one attached hydrogen (secondary N) is 5. The number of unbranched alkanes of at least 4 members (excludes halogenated alkanes) is 1. The number of amides is 5. The highest BCUT2D eigenvalue weighted by Crippen LogP contribution is 2.33. The smallest absolute Gasteiger partial charge is 0.410 e. The van der Waals surface area contributed by atoms with Crippen LogP contribution in [0.4, 0.5) is 10.6 Å². The number of rotatable bonds is 33. The number of aliphatic hydroxyl groups excluding tert-OH is 2. The number of nitrogen functional groups attached to an aromatic ring is 1. The first kappa shape index (κ1) is 56.8. The molecule has 5 amide bonds. The minimum Gasteiger partial charge on any atom is -0.438 e. The number of anilines is 1. The summed E-state index contributed by atoms with van der Waals surface area (Å²) in [6.45, 7) is 7.94. The van der Waals surface area contributed by atoms with Gasteiger partial charge in [0.15, 0.2) is 12.3 Å². The Kier molecular flexibility index (Phi) is 25.2. The average Bonchev–Trinajstić information content (AvgIpc) is 3.76. The van der Waals surface area contributed by atoms with Gasteiger partial charge >= 0.3 is 11.8 Å². The van der Waals surface area contributed by atoms with Gasteiger partial charge in [0.25, 0.3) is 11.5 Å². The molecule has 0 radical (unpaired) electrons. The number of nitrogens with two attached hydrogens (primary N) is 3. The number of carbonyl (C=O) groups is 5. The average molecular weight is 972 g/mol. The molecule has 0 saturated carbocycles. The van der Waals surface area contributed by atoms with E-state index in [-0.39, 0.29) is 95.1 Å². The second-order valence-electron chi connectivity index (χ2n) is 15.8. The molecule has 0 aliphatic carbocycles. The van der Waals surface area contributed by atoms with Gasteiger partial charge in [0.1, 0.15) is 48.8 Å². The molecule has 68 heavy (non-hydrogen) atoms. The quantitative estimate of drug-likeness (QED) is 0.0107. The maximum Gasteiger partial charge on any atom is 0.410 e. The highest BCUT2D eigenvalue weighted by atomic mass is 16.6. The van der Waals surface area contributed by atoms with Crippen molar-refractivity contribution in [3.8, 4) is 0 Å². The highest BCUT2D eigenvalue weighted by Gasteiger charge is 2.49. The zero-order valence-corrected chi connectivity index (χ0v) is 38.8. The molecule has 1 aliphatic heterocycles. The second-order valence-corrected chi connectivity index (χ2v) is 15.8. The normalized spacial score (nSPS) is 17.7. The Balaban J connectivity index is 1.48. The van der Waals surface area contributed by atoms with Crippen LogP contribution in [-0.2, 0) is 58.9 Å². The summed E-state index contributed by atoms with van der Waals surface area (Å²) in [5, 5.41) is 29.1. The first-order valence-electron chi connectivity index (χ1n) is 22.2. The fourth-order valence-corrected chi connectivity index (χ4v) is 6.77. The first-order chi connectivity index (χ1) is 32.6. The van der Waals surface area contributed by atoms with E-state index in [4.69, 9.17) is 50.5 Å².